The summed E-state index contributed by atoms with van der Waals surface area (Å²) in [6.07, 6.45) is 0. The van der Waals surface area contributed by atoms with Crippen LogP contribution >= 0.6 is 46.4 Å². The molecule has 40 heavy (non-hydrogen) atoms. The van der Waals surface area contributed by atoms with Gasteiger partial charge in [0.1, 0.15) is 12.6 Å². The molecule has 214 valence electrons. The molecular formula is C28H29Cl4N3O4S. The molecule has 0 spiro atoms. The van der Waals surface area contributed by atoms with Gasteiger partial charge in [-0.15, -0.1) is 0 Å². The zero-order valence-corrected chi connectivity index (χ0v) is 25.9. The summed E-state index contributed by atoms with van der Waals surface area (Å²) in [5.41, 5.74) is 0.592. The number of nitrogens with one attached hydrogen (secondary N) is 1. The molecule has 0 aliphatic rings. The third kappa shape index (κ3) is 8.04. The van der Waals surface area contributed by atoms with Crippen LogP contribution in [0.5, 0.6) is 0 Å². The highest BCUT2D eigenvalue weighted by atomic mass is 35.5. The molecule has 0 aliphatic carbocycles. The van der Waals surface area contributed by atoms with E-state index in [1.165, 1.54) is 41.3 Å². The lowest BCUT2D eigenvalue weighted by Crippen LogP contribution is -2.51. The molecule has 0 aliphatic heterocycles. The summed E-state index contributed by atoms with van der Waals surface area (Å²) in [4.78, 5) is 28.3. The van der Waals surface area contributed by atoms with Crippen LogP contribution in [0.3, 0.4) is 0 Å². The van der Waals surface area contributed by atoms with E-state index in [-0.39, 0.29) is 28.1 Å². The smallest absolute Gasteiger partial charge is 0.264 e. The van der Waals surface area contributed by atoms with E-state index < -0.39 is 34.4 Å². The van der Waals surface area contributed by atoms with Crippen molar-refractivity contribution in [1.29, 1.82) is 0 Å². The maximum atomic E-state index is 14.0. The maximum absolute atomic E-state index is 14.0. The third-order valence-electron chi connectivity index (χ3n) is 6.00. The van der Waals surface area contributed by atoms with Crippen molar-refractivity contribution in [3.63, 3.8) is 0 Å². The number of carbonyl (C=O) groups is 2. The Balaban J connectivity index is 2.06. The van der Waals surface area contributed by atoms with Crippen LogP contribution in [0, 0.1) is 5.92 Å². The van der Waals surface area contributed by atoms with Gasteiger partial charge in [-0.1, -0.05) is 84.5 Å². The summed E-state index contributed by atoms with van der Waals surface area (Å²) in [7, 11) is -4.26. The van der Waals surface area contributed by atoms with Crippen LogP contribution in [0.2, 0.25) is 20.1 Å². The molecule has 3 rings (SSSR count). The third-order valence-corrected chi connectivity index (χ3v) is 8.89. The van der Waals surface area contributed by atoms with Crippen molar-refractivity contribution < 1.29 is 18.0 Å². The molecule has 2 amide bonds. The summed E-state index contributed by atoms with van der Waals surface area (Å²) < 4.78 is 28.5. The molecule has 7 nitrogen and oxygen atoms in total. The van der Waals surface area contributed by atoms with Gasteiger partial charge in [-0.3, -0.25) is 13.9 Å². The highest BCUT2D eigenvalue weighted by Gasteiger charge is 2.33. The van der Waals surface area contributed by atoms with Crippen LogP contribution in [0.25, 0.3) is 0 Å². The second-order valence-electron chi connectivity index (χ2n) is 9.49. The maximum Gasteiger partial charge on any atom is 0.264 e. The number of hydrogen-bond donors (Lipinski definition) is 1. The SMILES string of the molecule is CC(C)CNC(=O)[C@@H](C)N(Cc1ccc(Cl)cc1Cl)C(=O)CN(c1ccc(Cl)cc1Cl)S(=O)(=O)c1ccccc1. The van der Waals surface area contributed by atoms with E-state index >= 15 is 0 Å². The molecule has 0 fully saturated rings. The van der Waals surface area contributed by atoms with E-state index in [1.54, 1.807) is 37.3 Å². The van der Waals surface area contributed by atoms with Gasteiger partial charge in [-0.05, 0) is 60.9 Å². The predicted molar refractivity (Wildman–Crippen MR) is 162 cm³/mol. The molecule has 0 heterocycles. The minimum absolute atomic E-state index is 0.0369. The molecule has 3 aromatic rings. The molecule has 0 radical (unpaired) electrons. The lowest BCUT2D eigenvalue weighted by Gasteiger charge is -2.32. The predicted octanol–water partition coefficient (Wildman–Crippen LogP) is 6.69. The van der Waals surface area contributed by atoms with Gasteiger partial charge >= 0.3 is 0 Å². The van der Waals surface area contributed by atoms with E-state index in [4.69, 9.17) is 46.4 Å². The number of halogens is 4. The minimum Gasteiger partial charge on any atom is -0.354 e. The van der Waals surface area contributed by atoms with Crippen molar-refractivity contribution in [2.24, 2.45) is 5.92 Å². The second kappa shape index (κ2) is 13.9. The van der Waals surface area contributed by atoms with Crippen molar-refractivity contribution >= 4 is 73.9 Å². The summed E-state index contributed by atoms with van der Waals surface area (Å²) in [6, 6.07) is 15.8. The van der Waals surface area contributed by atoms with Crippen LogP contribution < -0.4 is 9.62 Å². The fraction of sp³-hybridized carbons (Fsp3) is 0.286. The fourth-order valence-electron chi connectivity index (χ4n) is 3.79. The Morgan fingerprint density at radius 2 is 1.45 bits per heavy atom. The largest absolute Gasteiger partial charge is 0.354 e. The van der Waals surface area contributed by atoms with Crippen molar-refractivity contribution in [3.8, 4) is 0 Å². The van der Waals surface area contributed by atoms with E-state index in [2.05, 4.69) is 5.32 Å². The van der Waals surface area contributed by atoms with E-state index in [1.807, 2.05) is 13.8 Å². The number of hydrogen-bond acceptors (Lipinski definition) is 4. The van der Waals surface area contributed by atoms with Gasteiger partial charge in [-0.2, -0.15) is 0 Å². The molecule has 1 atom stereocenters. The van der Waals surface area contributed by atoms with Gasteiger partial charge in [0, 0.05) is 28.2 Å². The molecule has 0 bridgehead atoms. The Hall–Kier alpha value is -2.49. The number of sulfonamides is 1. The van der Waals surface area contributed by atoms with Gasteiger partial charge in [-0.25, -0.2) is 8.42 Å². The molecular weight excluding hydrogens is 616 g/mol. The Bertz CT molecular complexity index is 1470. The first-order valence-corrected chi connectivity index (χ1v) is 15.3. The normalized spacial score (nSPS) is 12.2. The van der Waals surface area contributed by atoms with E-state index in [0.717, 1.165) is 4.31 Å². The monoisotopic (exact) mass is 643 g/mol. The van der Waals surface area contributed by atoms with Crippen molar-refractivity contribution in [1.82, 2.24) is 10.2 Å². The molecule has 0 saturated heterocycles. The van der Waals surface area contributed by atoms with Crippen molar-refractivity contribution in [2.45, 2.75) is 38.3 Å². The summed E-state index contributed by atoms with van der Waals surface area (Å²) in [5.74, 6) is -0.859. The summed E-state index contributed by atoms with van der Waals surface area (Å²) in [5, 5.41) is 3.87. The standard InChI is InChI=1S/C28H29Cl4N3O4S/c1-18(2)15-33-28(37)19(3)34(16-20-9-10-21(29)13-24(20)31)27(36)17-35(26-12-11-22(30)14-25(26)32)40(38,39)23-7-5-4-6-8-23/h4-14,18-19H,15-17H2,1-3H3,(H,33,37)/t19-/m1/s1. The highest BCUT2D eigenvalue weighted by Crippen LogP contribution is 2.33. The number of anilines is 1. The lowest BCUT2D eigenvalue weighted by molar-refractivity contribution is -0.139. The molecule has 0 saturated carbocycles. The number of nitrogens with zero attached hydrogens (tertiary/aromatic N) is 2. The molecule has 12 heteroatoms. The Morgan fingerprint density at radius 3 is 2.02 bits per heavy atom. The fourth-order valence-corrected chi connectivity index (χ4v) is 6.27. The van der Waals surface area contributed by atoms with Gasteiger partial charge in [0.15, 0.2) is 0 Å². The Morgan fingerprint density at radius 1 is 0.850 bits per heavy atom. The zero-order valence-electron chi connectivity index (χ0n) is 22.1. The summed E-state index contributed by atoms with van der Waals surface area (Å²) >= 11 is 24.9. The number of benzene rings is 3. The zero-order chi connectivity index (χ0) is 29.6. The molecule has 0 unspecified atom stereocenters. The van der Waals surface area contributed by atoms with E-state index in [9.17, 15) is 18.0 Å². The molecule has 3 aromatic carbocycles. The lowest BCUT2D eigenvalue weighted by atomic mass is 10.1. The molecule has 1 N–H and O–H groups in total. The van der Waals surface area contributed by atoms with Gasteiger partial charge in [0.05, 0.1) is 15.6 Å². The van der Waals surface area contributed by atoms with Crippen LogP contribution in [0.1, 0.15) is 26.3 Å². The van der Waals surface area contributed by atoms with Crippen LogP contribution in [-0.2, 0) is 26.2 Å². The van der Waals surface area contributed by atoms with Gasteiger partial charge in [0.25, 0.3) is 10.0 Å². The topological polar surface area (TPSA) is 86.8 Å². The average Bonchev–Trinajstić information content (AvgIpc) is 2.90. The van der Waals surface area contributed by atoms with Crippen LogP contribution in [0.4, 0.5) is 5.69 Å². The average molecular weight is 645 g/mol. The number of carbonyl (C=O) groups excluding carboxylic acids is 2. The first kappa shape index (κ1) is 32.0. The van der Waals surface area contributed by atoms with Crippen molar-refractivity contribution in [2.75, 3.05) is 17.4 Å². The Kier molecular flexibility index (Phi) is 11.1. The Labute approximate surface area is 255 Å². The van der Waals surface area contributed by atoms with Crippen LogP contribution in [0.15, 0.2) is 71.6 Å². The summed E-state index contributed by atoms with van der Waals surface area (Å²) in [6.45, 7) is 5.15. The van der Waals surface area contributed by atoms with Crippen molar-refractivity contribution in [3.05, 3.63) is 92.4 Å². The van der Waals surface area contributed by atoms with Gasteiger partial charge < -0.3 is 10.2 Å². The van der Waals surface area contributed by atoms with Gasteiger partial charge in [0.2, 0.25) is 11.8 Å². The number of amides is 2. The highest BCUT2D eigenvalue weighted by molar-refractivity contribution is 7.92. The van der Waals surface area contributed by atoms with E-state index in [0.29, 0.717) is 27.2 Å². The quantitative estimate of drug-likeness (QED) is 0.252. The molecule has 0 aromatic heterocycles. The minimum atomic E-state index is -4.26. The number of rotatable bonds is 11. The van der Waals surface area contributed by atoms with Crippen LogP contribution in [-0.4, -0.2) is 44.3 Å². The first-order chi connectivity index (χ1) is 18.8. The first-order valence-electron chi connectivity index (χ1n) is 12.3. The second-order valence-corrected chi connectivity index (χ2v) is 13.0.